The molecule has 0 unspecified atom stereocenters. The third-order valence-corrected chi connectivity index (χ3v) is 4.21. The van der Waals surface area contributed by atoms with Crippen molar-refractivity contribution in [2.75, 3.05) is 31.6 Å². The first-order valence-corrected chi connectivity index (χ1v) is 8.92. The number of amides is 1. The SMILES string of the molecule is CCN(CC)CCOc1ccccc1NC(=O)Cc1ccc(C)cc1. The van der Waals surface area contributed by atoms with Gasteiger partial charge in [0.05, 0.1) is 12.1 Å². The number of carbonyl (C=O) groups excluding carboxylic acids is 1. The number of nitrogens with one attached hydrogen (secondary N) is 1. The van der Waals surface area contributed by atoms with Gasteiger partial charge in [-0.15, -0.1) is 0 Å². The van der Waals surface area contributed by atoms with Gasteiger partial charge in [-0.2, -0.15) is 0 Å². The molecule has 0 aliphatic carbocycles. The van der Waals surface area contributed by atoms with Crippen molar-refractivity contribution >= 4 is 11.6 Å². The largest absolute Gasteiger partial charge is 0.490 e. The number of hydrogen-bond acceptors (Lipinski definition) is 3. The lowest BCUT2D eigenvalue weighted by Crippen LogP contribution is -2.28. The minimum Gasteiger partial charge on any atom is -0.490 e. The molecule has 1 N–H and O–H groups in total. The lowest BCUT2D eigenvalue weighted by Gasteiger charge is -2.19. The van der Waals surface area contributed by atoms with Gasteiger partial charge in [0.25, 0.3) is 0 Å². The number of ether oxygens (including phenoxy) is 1. The minimum absolute atomic E-state index is 0.0383. The molecule has 2 rings (SSSR count). The summed E-state index contributed by atoms with van der Waals surface area (Å²) in [6.45, 7) is 9.82. The smallest absolute Gasteiger partial charge is 0.228 e. The van der Waals surface area contributed by atoms with Crippen molar-refractivity contribution in [1.82, 2.24) is 4.90 Å². The maximum atomic E-state index is 12.3. The average Bonchev–Trinajstić information content (AvgIpc) is 2.62. The van der Waals surface area contributed by atoms with Gasteiger partial charge in [-0.1, -0.05) is 55.8 Å². The van der Waals surface area contributed by atoms with Crippen molar-refractivity contribution in [2.24, 2.45) is 0 Å². The first-order chi connectivity index (χ1) is 12.1. The van der Waals surface area contributed by atoms with Crippen LogP contribution < -0.4 is 10.1 Å². The van der Waals surface area contributed by atoms with Crippen LogP contribution in [0.25, 0.3) is 0 Å². The van der Waals surface area contributed by atoms with Crippen molar-refractivity contribution in [3.63, 3.8) is 0 Å². The summed E-state index contributed by atoms with van der Waals surface area (Å²) in [5, 5.41) is 2.96. The zero-order valence-corrected chi connectivity index (χ0v) is 15.4. The molecule has 134 valence electrons. The van der Waals surface area contributed by atoms with E-state index in [0.29, 0.717) is 18.8 Å². The van der Waals surface area contributed by atoms with E-state index in [1.54, 1.807) is 0 Å². The van der Waals surface area contributed by atoms with Crippen LogP contribution in [0.3, 0.4) is 0 Å². The molecule has 0 spiro atoms. The van der Waals surface area contributed by atoms with Gasteiger partial charge in [0.1, 0.15) is 12.4 Å². The maximum Gasteiger partial charge on any atom is 0.228 e. The van der Waals surface area contributed by atoms with Crippen LogP contribution in [-0.4, -0.2) is 37.0 Å². The summed E-state index contributed by atoms with van der Waals surface area (Å²) in [5.74, 6) is 0.676. The van der Waals surface area contributed by atoms with E-state index in [2.05, 4.69) is 24.1 Å². The number of aryl methyl sites for hydroxylation is 1. The first-order valence-electron chi connectivity index (χ1n) is 8.92. The van der Waals surface area contributed by atoms with Gasteiger partial charge in [-0.25, -0.2) is 0 Å². The number of anilines is 1. The molecule has 0 atom stereocenters. The summed E-state index contributed by atoms with van der Waals surface area (Å²) in [7, 11) is 0. The minimum atomic E-state index is -0.0383. The highest BCUT2D eigenvalue weighted by Gasteiger charge is 2.09. The van der Waals surface area contributed by atoms with E-state index in [1.165, 1.54) is 5.56 Å². The van der Waals surface area contributed by atoms with E-state index in [1.807, 2.05) is 55.5 Å². The molecule has 2 aromatic rings. The second-order valence-electron chi connectivity index (χ2n) is 6.08. The molecule has 0 aliphatic heterocycles. The van der Waals surface area contributed by atoms with Gasteiger partial charge in [-0.3, -0.25) is 4.79 Å². The van der Waals surface area contributed by atoms with E-state index in [9.17, 15) is 4.79 Å². The van der Waals surface area contributed by atoms with Crippen LogP contribution in [0.4, 0.5) is 5.69 Å². The van der Waals surface area contributed by atoms with Crippen molar-refractivity contribution in [1.29, 1.82) is 0 Å². The van der Waals surface area contributed by atoms with E-state index in [0.717, 1.165) is 30.9 Å². The Kier molecular flexibility index (Phi) is 7.48. The summed E-state index contributed by atoms with van der Waals surface area (Å²) in [6.07, 6.45) is 0.355. The van der Waals surface area contributed by atoms with Crippen LogP contribution in [0.1, 0.15) is 25.0 Å². The molecule has 0 saturated carbocycles. The molecule has 0 bridgehead atoms. The summed E-state index contributed by atoms with van der Waals surface area (Å²) in [5.41, 5.74) is 2.92. The van der Waals surface area contributed by atoms with Gasteiger partial charge in [0, 0.05) is 6.54 Å². The molecule has 4 heteroatoms. The first kappa shape index (κ1) is 19.0. The number of benzene rings is 2. The zero-order chi connectivity index (χ0) is 18.1. The maximum absolute atomic E-state index is 12.3. The number of nitrogens with zero attached hydrogens (tertiary/aromatic N) is 1. The molecular formula is C21H28N2O2. The predicted molar refractivity (Wildman–Crippen MR) is 103 cm³/mol. The van der Waals surface area contributed by atoms with Crippen LogP contribution in [0.2, 0.25) is 0 Å². The molecule has 0 radical (unpaired) electrons. The lowest BCUT2D eigenvalue weighted by atomic mass is 10.1. The fraction of sp³-hybridized carbons (Fsp3) is 0.381. The molecule has 2 aromatic carbocycles. The number of hydrogen-bond donors (Lipinski definition) is 1. The van der Waals surface area contributed by atoms with Crippen LogP contribution in [0.15, 0.2) is 48.5 Å². The second-order valence-corrected chi connectivity index (χ2v) is 6.08. The summed E-state index contributed by atoms with van der Waals surface area (Å²) < 4.78 is 5.88. The molecule has 4 nitrogen and oxygen atoms in total. The van der Waals surface area contributed by atoms with Crippen LogP contribution >= 0.6 is 0 Å². The fourth-order valence-corrected chi connectivity index (χ4v) is 2.61. The Morgan fingerprint density at radius 1 is 1.04 bits per heavy atom. The molecule has 1 amide bonds. The number of likely N-dealkylation sites (N-methyl/N-ethyl adjacent to an activating group) is 1. The van der Waals surface area contributed by atoms with Crippen LogP contribution in [0, 0.1) is 6.92 Å². The molecule has 0 aliphatic rings. The topological polar surface area (TPSA) is 41.6 Å². The standard InChI is InChI=1S/C21H28N2O2/c1-4-23(5-2)14-15-25-20-9-7-6-8-19(20)22-21(24)16-18-12-10-17(3)11-13-18/h6-13H,4-5,14-16H2,1-3H3,(H,22,24). The Balaban J connectivity index is 1.92. The van der Waals surface area contributed by atoms with Crippen LogP contribution in [0.5, 0.6) is 5.75 Å². The zero-order valence-electron chi connectivity index (χ0n) is 15.4. The van der Waals surface area contributed by atoms with Crippen molar-refractivity contribution in [2.45, 2.75) is 27.2 Å². The Morgan fingerprint density at radius 3 is 2.40 bits per heavy atom. The summed E-state index contributed by atoms with van der Waals surface area (Å²) in [4.78, 5) is 14.6. The Morgan fingerprint density at radius 2 is 1.72 bits per heavy atom. The van der Waals surface area contributed by atoms with Gasteiger partial charge >= 0.3 is 0 Å². The molecular weight excluding hydrogens is 312 g/mol. The van der Waals surface area contributed by atoms with Crippen molar-refractivity contribution in [3.8, 4) is 5.75 Å². The third-order valence-electron chi connectivity index (χ3n) is 4.21. The monoisotopic (exact) mass is 340 g/mol. The molecule has 0 saturated heterocycles. The average molecular weight is 340 g/mol. The molecule has 0 heterocycles. The van der Waals surface area contributed by atoms with E-state index < -0.39 is 0 Å². The number of rotatable bonds is 9. The number of carbonyl (C=O) groups is 1. The van der Waals surface area contributed by atoms with E-state index in [4.69, 9.17) is 4.74 Å². The van der Waals surface area contributed by atoms with Gasteiger partial charge in [0.15, 0.2) is 0 Å². The highest BCUT2D eigenvalue weighted by molar-refractivity contribution is 5.93. The van der Waals surface area contributed by atoms with Crippen molar-refractivity contribution in [3.05, 3.63) is 59.7 Å². The quantitative estimate of drug-likeness (QED) is 0.753. The Bertz CT molecular complexity index is 664. The van der Waals surface area contributed by atoms with Gasteiger partial charge in [-0.05, 0) is 37.7 Å². The molecule has 0 aromatic heterocycles. The Hall–Kier alpha value is -2.33. The number of para-hydroxylation sites is 2. The van der Waals surface area contributed by atoms with E-state index in [-0.39, 0.29) is 5.91 Å². The normalized spacial score (nSPS) is 10.7. The molecule has 25 heavy (non-hydrogen) atoms. The Labute approximate surface area is 150 Å². The summed E-state index contributed by atoms with van der Waals surface area (Å²) in [6, 6.07) is 15.6. The van der Waals surface area contributed by atoms with Gasteiger partial charge < -0.3 is 15.0 Å². The fourth-order valence-electron chi connectivity index (χ4n) is 2.61. The van der Waals surface area contributed by atoms with Crippen molar-refractivity contribution < 1.29 is 9.53 Å². The highest BCUT2D eigenvalue weighted by Crippen LogP contribution is 2.24. The van der Waals surface area contributed by atoms with Gasteiger partial charge in [0.2, 0.25) is 5.91 Å². The lowest BCUT2D eigenvalue weighted by molar-refractivity contribution is -0.115. The third kappa shape index (κ3) is 6.24. The summed E-state index contributed by atoms with van der Waals surface area (Å²) >= 11 is 0. The second kappa shape index (κ2) is 9.84. The highest BCUT2D eigenvalue weighted by atomic mass is 16.5. The molecule has 0 fully saturated rings. The predicted octanol–water partition coefficient (Wildman–Crippen LogP) is 3.90. The van der Waals surface area contributed by atoms with E-state index >= 15 is 0 Å². The van der Waals surface area contributed by atoms with Crippen LogP contribution in [-0.2, 0) is 11.2 Å².